The lowest BCUT2D eigenvalue weighted by Crippen LogP contribution is -2.43. The molecule has 1 aromatic rings. The van der Waals surface area contributed by atoms with Crippen molar-refractivity contribution in [3.63, 3.8) is 0 Å². The summed E-state index contributed by atoms with van der Waals surface area (Å²) in [7, 11) is 0. The van der Waals surface area contributed by atoms with Crippen LogP contribution in [-0.4, -0.2) is 40.3 Å². The fourth-order valence-corrected chi connectivity index (χ4v) is 2.65. The molecular weight excluding hydrogens is 308 g/mol. The van der Waals surface area contributed by atoms with Crippen molar-refractivity contribution in [2.24, 2.45) is 0 Å². The van der Waals surface area contributed by atoms with Gasteiger partial charge in [0.05, 0.1) is 0 Å². The van der Waals surface area contributed by atoms with Gasteiger partial charge in [-0.3, -0.25) is 4.90 Å². The number of aliphatic carboxylic acids is 1. The first-order valence-corrected chi connectivity index (χ1v) is 7.26. The fourth-order valence-electron chi connectivity index (χ4n) is 2.65. The quantitative estimate of drug-likeness (QED) is 0.906. The lowest BCUT2D eigenvalue weighted by molar-refractivity contribution is -0.142. The van der Waals surface area contributed by atoms with Gasteiger partial charge in [-0.05, 0) is 51.0 Å². The van der Waals surface area contributed by atoms with E-state index < -0.39 is 41.3 Å². The van der Waals surface area contributed by atoms with E-state index in [1.165, 1.54) is 0 Å². The fraction of sp³-hybridized carbons (Fsp3) is 0.500. The van der Waals surface area contributed by atoms with Crippen LogP contribution in [0.1, 0.15) is 38.7 Å². The molecule has 1 N–H and O–H groups in total. The first-order valence-electron chi connectivity index (χ1n) is 7.26. The van der Waals surface area contributed by atoms with Gasteiger partial charge in [-0.1, -0.05) is 0 Å². The van der Waals surface area contributed by atoms with Gasteiger partial charge in [-0.15, -0.1) is 0 Å². The normalized spacial score (nSPS) is 21.3. The van der Waals surface area contributed by atoms with Crippen molar-refractivity contribution >= 4 is 12.1 Å². The topological polar surface area (TPSA) is 66.8 Å². The maximum Gasteiger partial charge on any atom is 0.411 e. The third-order valence-electron chi connectivity index (χ3n) is 3.61. The molecule has 0 bridgehead atoms. The number of benzene rings is 1. The van der Waals surface area contributed by atoms with Gasteiger partial charge in [0.15, 0.2) is 0 Å². The Kier molecular flexibility index (Phi) is 4.58. The Morgan fingerprint density at radius 1 is 1.30 bits per heavy atom. The van der Waals surface area contributed by atoms with E-state index in [9.17, 15) is 23.5 Å². The smallest absolute Gasteiger partial charge is 0.411 e. The van der Waals surface area contributed by atoms with Gasteiger partial charge >= 0.3 is 12.1 Å². The van der Waals surface area contributed by atoms with Crippen LogP contribution in [-0.2, 0) is 9.53 Å². The highest BCUT2D eigenvalue weighted by molar-refractivity contribution is 5.81. The number of likely N-dealkylation sites (tertiary alicyclic amines) is 1. The molecule has 0 aliphatic carbocycles. The van der Waals surface area contributed by atoms with E-state index in [1.807, 2.05) is 0 Å². The Balaban J connectivity index is 2.26. The van der Waals surface area contributed by atoms with Crippen LogP contribution < -0.4 is 0 Å². The van der Waals surface area contributed by atoms with E-state index >= 15 is 0 Å². The van der Waals surface area contributed by atoms with Gasteiger partial charge in [0.2, 0.25) is 0 Å². The van der Waals surface area contributed by atoms with Crippen LogP contribution in [0.5, 0.6) is 0 Å². The number of carboxylic acids is 1. The summed E-state index contributed by atoms with van der Waals surface area (Å²) in [6, 6.07) is 1.90. The molecule has 0 radical (unpaired) electrons. The van der Waals surface area contributed by atoms with Crippen molar-refractivity contribution in [2.45, 2.75) is 44.8 Å². The molecule has 126 valence electrons. The highest BCUT2D eigenvalue weighted by Gasteiger charge is 2.42. The minimum absolute atomic E-state index is 0.00888. The molecule has 2 rings (SSSR count). The number of halogens is 2. The Labute approximate surface area is 132 Å². The van der Waals surface area contributed by atoms with E-state index in [1.54, 1.807) is 20.8 Å². The second-order valence-corrected chi connectivity index (χ2v) is 6.59. The summed E-state index contributed by atoms with van der Waals surface area (Å²) in [5.74, 6) is -3.02. The second-order valence-electron chi connectivity index (χ2n) is 6.59. The minimum Gasteiger partial charge on any atom is -0.480 e. The van der Waals surface area contributed by atoms with Crippen LogP contribution in [0, 0.1) is 11.6 Å². The van der Waals surface area contributed by atoms with Gasteiger partial charge in [0, 0.05) is 12.5 Å². The zero-order valence-electron chi connectivity index (χ0n) is 13.2. The predicted octanol–water partition coefficient (Wildman–Crippen LogP) is 3.14. The number of rotatable bonds is 2. The van der Waals surface area contributed by atoms with Gasteiger partial charge in [-0.2, -0.15) is 0 Å². The highest BCUT2D eigenvalue weighted by atomic mass is 19.1. The Hall–Kier alpha value is -2.18. The molecule has 7 heteroatoms. The third-order valence-corrected chi connectivity index (χ3v) is 3.61. The van der Waals surface area contributed by atoms with Crippen molar-refractivity contribution in [3.8, 4) is 0 Å². The maximum atomic E-state index is 13.9. The molecule has 1 amide bonds. The molecule has 1 saturated heterocycles. The zero-order chi connectivity index (χ0) is 17.4. The number of carboxylic acid groups (broad SMARTS) is 1. The van der Waals surface area contributed by atoms with E-state index in [4.69, 9.17) is 4.74 Å². The molecule has 1 heterocycles. The number of ether oxygens (including phenoxy) is 1. The lowest BCUT2D eigenvalue weighted by Gasteiger charge is -2.26. The Morgan fingerprint density at radius 2 is 1.96 bits per heavy atom. The molecule has 1 fully saturated rings. The minimum atomic E-state index is -1.20. The number of hydrogen-bond donors (Lipinski definition) is 1. The first kappa shape index (κ1) is 17.2. The summed E-state index contributed by atoms with van der Waals surface area (Å²) < 4.78 is 32.4. The van der Waals surface area contributed by atoms with Gasteiger partial charge < -0.3 is 9.84 Å². The molecule has 23 heavy (non-hydrogen) atoms. The van der Waals surface area contributed by atoms with E-state index in [0.29, 0.717) is 0 Å². The van der Waals surface area contributed by atoms with E-state index in [-0.39, 0.29) is 18.5 Å². The van der Waals surface area contributed by atoms with Crippen LogP contribution in [0.3, 0.4) is 0 Å². The van der Waals surface area contributed by atoms with Crippen LogP contribution in [0.2, 0.25) is 0 Å². The van der Waals surface area contributed by atoms with E-state index in [2.05, 4.69) is 0 Å². The number of carbonyl (C=O) groups excluding carboxylic acids is 1. The standard InChI is InChI=1S/C16H19F2NO4/c1-16(2,3)23-15(22)19-8-9(6-13(19)14(20)21)11-7-10(17)4-5-12(11)18/h4-5,7,9,13H,6,8H2,1-3H3,(H,20,21)/t9-,13?/m1/s1. The first-order chi connectivity index (χ1) is 10.6. The monoisotopic (exact) mass is 327 g/mol. The molecule has 0 spiro atoms. The molecule has 2 atom stereocenters. The van der Waals surface area contributed by atoms with Crippen molar-refractivity contribution in [1.29, 1.82) is 0 Å². The van der Waals surface area contributed by atoms with Gasteiger partial charge in [-0.25, -0.2) is 18.4 Å². The average molecular weight is 327 g/mol. The molecule has 1 aliphatic heterocycles. The summed E-state index contributed by atoms with van der Waals surface area (Å²) in [6.07, 6.45) is -0.765. The summed E-state index contributed by atoms with van der Waals surface area (Å²) in [5.41, 5.74) is -0.704. The maximum absolute atomic E-state index is 13.9. The van der Waals surface area contributed by atoms with Crippen molar-refractivity contribution in [3.05, 3.63) is 35.4 Å². The summed E-state index contributed by atoms with van der Waals surface area (Å²) in [6.45, 7) is 4.97. The van der Waals surface area contributed by atoms with Crippen LogP contribution in [0.25, 0.3) is 0 Å². The summed E-state index contributed by atoms with van der Waals surface area (Å²) in [4.78, 5) is 24.6. The van der Waals surface area contributed by atoms with Crippen LogP contribution in [0.4, 0.5) is 13.6 Å². The third kappa shape index (κ3) is 3.97. The Morgan fingerprint density at radius 3 is 2.52 bits per heavy atom. The Bertz CT molecular complexity index is 627. The van der Waals surface area contributed by atoms with Crippen molar-refractivity contribution in [2.75, 3.05) is 6.54 Å². The molecule has 1 aliphatic rings. The molecule has 0 aromatic heterocycles. The highest BCUT2D eigenvalue weighted by Crippen LogP contribution is 2.34. The summed E-state index contributed by atoms with van der Waals surface area (Å²) in [5, 5.41) is 9.30. The van der Waals surface area contributed by atoms with Crippen LogP contribution >= 0.6 is 0 Å². The SMILES string of the molecule is CC(C)(C)OC(=O)N1C[C@H](c2cc(F)ccc2F)CC1C(=O)O. The largest absolute Gasteiger partial charge is 0.480 e. The van der Waals surface area contributed by atoms with Gasteiger partial charge in [0.25, 0.3) is 0 Å². The number of hydrogen-bond acceptors (Lipinski definition) is 3. The molecular formula is C16H19F2NO4. The number of amides is 1. The summed E-state index contributed by atoms with van der Waals surface area (Å²) >= 11 is 0. The average Bonchev–Trinajstić information content (AvgIpc) is 2.85. The van der Waals surface area contributed by atoms with Gasteiger partial charge in [0.1, 0.15) is 23.3 Å². The molecule has 0 saturated carbocycles. The second kappa shape index (κ2) is 6.14. The zero-order valence-corrected chi connectivity index (χ0v) is 13.2. The molecule has 5 nitrogen and oxygen atoms in total. The van der Waals surface area contributed by atoms with E-state index in [0.717, 1.165) is 23.1 Å². The van der Waals surface area contributed by atoms with Crippen LogP contribution in [0.15, 0.2) is 18.2 Å². The van der Waals surface area contributed by atoms with Crippen molar-refractivity contribution < 1.29 is 28.2 Å². The van der Waals surface area contributed by atoms with Crippen molar-refractivity contribution in [1.82, 2.24) is 4.90 Å². The lowest BCUT2D eigenvalue weighted by atomic mass is 9.96. The molecule has 1 aromatic carbocycles. The molecule has 1 unspecified atom stereocenters. The predicted molar refractivity (Wildman–Crippen MR) is 78.1 cm³/mol. The number of carbonyl (C=O) groups is 2. The number of nitrogens with zero attached hydrogens (tertiary/aromatic N) is 1.